The predicted octanol–water partition coefficient (Wildman–Crippen LogP) is 0.876. The van der Waals surface area contributed by atoms with Crippen molar-refractivity contribution in [2.45, 2.75) is 6.92 Å². The molecule has 2 aromatic heterocycles. The Balaban J connectivity index is 2.24. The molecule has 0 aromatic carbocycles. The molecule has 84 valence electrons. The first-order valence-corrected chi connectivity index (χ1v) is 4.79. The van der Waals surface area contributed by atoms with E-state index in [2.05, 4.69) is 30.6 Å². The highest BCUT2D eigenvalue weighted by molar-refractivity contribution is 5.51. The Labute approximate surface area is 92.5 Å². The summed E-state index contributed by atoms with van der Waals surface area (Å²) in [5.41, 5.74) is 6.60. The third-order valence-corrected chi connectivity index (χ3v) is 1.95. The fraction of sp³-hybridized carbons (Fsp3) is 0.222. The maximum absolute atomic E-state index is 5.54. The van der Waals surface area contributed by atoms with Gasteiger partial charge in [-0.05, 0) is 19.1 Å². The van der Waals surface area contributed by atoms with Gasteiger partial charge >= 0.3 is 0 Å². The zero-order chi connectivity index (χ0) is 11.5. The number of nitrogens with zero attached hydrogens (tertiary/aromatic N) is 3. The maximum atomic E-state index is 5.54. The Morgan fingerprint density at radius 3 is 2.56 bits per heavy atom. The summed E-state index contributed by atoms with van der Waals surface area (Å²) in [5.74, 6) is 1.81. The lowest BCUT2D eigenvalue weighted by Crippen LogP contribution is -2.06. The molecule has 2 aromatic rings. The van der Waals surface area contributed by atoms with E-state index in [1.54, 1.807) is 7.05 Å². The summed E-state index contributed by atoms with van der Waals surface area (Å²) in [6.45, 7) is 1.96. The third kappa shape index (κ3) is 2.19. The van der Waals surface area contributed by atoms with Crippen molar-refractivity contribution in [2.24, 2.45) is 0 Å². The van der Waals surface area contributed by atoms with Gasteiger partial charge in [-0.2, -0.15) is 15.0 Å². The topological polar surface area (TPSA) is 105 Å². The molecule has 7 heteroatoms. The van der Waals surface area contributed by atoms with Crippen molar-refractivity contribution in [2.75, 3.05) is 23.4 Å². The number of nitrogens with one attached hydrogen (secondary N) is 3. The first-order chi connectivity index (χ1) is 7.67. The van der Waals surface area contributed by atoms with Gasteiger partial charge in [-0.15, -0.1) is 0 Å². The van der Waals surface area contributed by atoms with E-state index in [4.69, 9.17) is 5.73 Å². The minimum absolute atomic E-state index is 0.171. The Kier molecular flexibility index (Phi) is 2.59. The van der Waals surface area contributed by atoms with Crippen LogP contribution in [0.5, 0.6) is 0 Å². The van der Waals surface area contributed by atoms with Crippen LogP contribution in [0.3, 0.4) is 0 Å². The normalized spacial score (nSPS) is 10.1. The smallest absolute Gasteiger partial charge is 0.234 e. The monoisotopic (exact) mass is 219 g/mol. The van der Waals surface area contributed by atoms with Crippen LogP contribution in [-0.4, -0.2) is 27.0 Å². The quantitative estimate of drug-likeness (QED) is 0.610. The van der Waals surface area contributed by atoms with Crippen LogP contribution in [0, 0.1) is 6.92 Å². The molecule has 2 heterocycles. The molecular formula is C9H13N7. The predicted molar refractivity (Wildman–Crippen MR) is 62.6 cm³/mol. The highest BCUT2D eigenvalue weighted by atomic mass is 15.2. The summed E-state index contributed by atoms with van der Waals surface area (Å²) in [6, 6.07) is 3.85. The minimum atomic E-state index is 0.171. The van der Waals surface area contributed by atoms with Crippen LogP contribution in [0.25, 0.3) is 0 Å². The van der Waals surface area contributed by atoms with Gasteiger partial charge in [-0.3, -0.25) is 0 Å². The average Bonchev–Trinajstić information content (AvgIpc) is 2.63. The second-order valence-electron chi connectivity index (χ2n) is 3.27. The zero-order valence-electron chi connectivity index (χ0n) is 9.07. The summed E-state index contributed by atoms with van der Waals surface area (Å²) in [4.78, 5) is 15.1. The van der Waals surface area contributed by atoms with Crippen LogP contribution in [0.1, 0.15) is 5.69 Å². The van der Waals surface area contributed by atoms with E-state index in [-0.39, 0.29) is 5.95 Å². The van der Waals surface area contributed by atoms with E-state index in [0.717, 1.165) is 11.5 Å². The van der Waals surface area contributed by atoms with Crippen molar-refractivity contribution in [3.63, 3.8) is 0 Å². The lowest BCUT2D eigenvalue weighted by Gasteiger charge is -2.04. The summed E-state index contributed by atoms with van der Waals surface area (Å²) >= 11 is 0. The highest BCUT2D eigenvalue weighted by Gasteiger charge is 2.03. The van der Waals surface area contributed by atoms with E-state index in [9.17, 15) is 0 Å². The largest absolute Gasteiger partial charge is 0.368 e. The Morgan fingerprint density at radius 2 is 1.94 bits per heavy atom. The van der Waals surface area contributed by atoms with Crippen LogP contribution in [0.4, 0.5) is 23.7 Å². The Bertz CT molecular complexity index is 490. The number of H-pyrrole nitrogens is 1. The number of nitrogen functional groups attached to an aromatic ring is 1. The van der Waals surface area contributed by atoms with E-state index < -0.39 is 0 Å². The molecule has 0 saturated heterocycles. The Hall–Kier alpha value is -2.31. The second-order valence-corrected chi connectivity index (χ2v) is 3.27. The summed E-state index contributed by atoms with van der Waals surface area (Å²) in [6.07, 6.45) is 0. The number of aromatic amines is 1. The fourth-order valence-electron chi connectivity index (χ4n) is 1.26. The second kappa shape index (κ2) is 4.05. The van der Waals surface area contributed by atoms with Crippen molar-refractivity contribution < 1.29 is 0 Å². The van der Waals surface area contributed by atoms with E-state index in [1.165, 1.54) is 0 Å². The summed E-state index contributed by atoms with van der Waals surface area (Å²) in [7, 11) is 1.72. The van der Waals surface area contributed by atoms with Gasteiger partial charge in [-0.25, -0.2) is 0 Å². The maximum Gasteiger partial charge on any atom is 0.234 e. The van der Waals surface area contributed by atoms with Crippen molar-refractivity contribution in [3.05, 3.63) is 17.8 Å². The molecule has 0 saturated carbocycles. The van der Waals surface area contributed by atoms with Crippen LogP contribution in [0.2, 0.25) is 0 Å². The minimum Gasteiger partial charge on any atom is -0.368 e. The molecule has 16 heavy (non-hydrogen) atoms. The summed E-state index contributed by atoms with van der Waals surface area (Å²) < 4.78 is 0. The van der Waals surface area contributed by atoms with Gasteiger partial charge in [0.25, 0.3) is 0 Å². The molecule has 0 spiro atoms. The molecular weight excluding hydrogens is 206 g/mol. The molecule has 0 aliphatic carbocycles. The third-order valence-electron chi connectivity index (χ3n) is 1.95. The molecule has 0 fully saturated rings. The first kappa shape index (κ1) is 10.2. The standard InChI is InChI=1S/C9H13N7/c1-5-3-4-6(12-5)13-9-15-7(10)14-8(11-2)16-9/h3-4,12H,1-2H3,(H4,10,11,13,14,15,16). The van der Waals surface area contributed by atoms with Crippen molar-refractivity contribution in [1.82, 2.24) is 19.9 Å². The SMILES string of the molecule is CNc1nc(N)nc(Nc2ccc(C)[nH]2)n1. The number of hydrogen-bond donors (Lipinski definition) is 4. The Morgan fingerprint density at radius 1 is 1.19 bits per heavy atom. The molecule has 0 atom stereocenters. The molecule has 0 aliphatic heterocycles. The van der Waals surface area contributed by atoms with Gasteiger partial charge in [0.2, 0.25) is 17.8 Å². The van der Waals surface area contributed by atoms with Gasteiger partial charge < -0.3 is 21.4 Å². The van der Waals surface area contributed by atoms with Gasteiger partial charge in [-0.1, -0.05) is 0 Å². The molecule has 0 aliphatic rings. The lowest BCUT2D eigenvalue weighted by molar-refractivity contribution is 1.06. The van der Waals surface area contributed by atoms with E-state index in [1.807, 2.05) is 19.1 Å². The van der Waals surface area contributed by atoms with Crippen LogP contribution >= 0.6 is 0 Å². The van der Waals surface area contributed by atoms with Crippen molar-refractivity contribution in [1.29, 1.82) is 0 Å². The van der Waals surface area contributed by atoms with Gasteiger partial charge in [0.1, 0.15) is 5.82 Å². The molecule has 7 nitrogen and oxygen atoms in total. The molecule has 2 rings (SSSR count). The molecule has 0 amide bonds. The summed E-state index contributed by atoms with van der Waals surface area (Å²) in [5, 5.41) is 5.81. The number of rotatable bonds is 3. The number of aryl methyl sites for hydroxylation is 1. The van der Waals surface area contributed by atoms with E-state index >= 15 is 0 Å². The number of aromatic nitrogens is 4. The zero-order valence-corrected chi connectivity index (χ0v) is 9.07. The number of nitrogens with two attached hydrogens (primary N) is 1. The van der Waals surface area contributed by atoms with Gasteiger partial charge in [0.15, 0.2) is 0 Å². The highest BCUT2D eigenvalue weighted by Crippen LogP contribution is 2.13. The van der Waals surface area contributed by atoms with Crippen molar-refractivity contribution >= 4 is 23.7 Å². The fourth-order valence-corrected chi connectivity index (χ4v) is 1.26. The van der Waals surface area contributed by atoms with Gasteiger partial charge in [0, 0.05) is 12.7 Å². The first-order valence-electron chi connectivity index (χ1n) is 4.79. The molecule has 0 radical (unpaired) electrons. The molecule has 0 unspecified atom stereocenters. The average molecular weight is 219 g/mol. The molecule has 0 bridgehead atoms. The van der Waals surface area contributed by atoms with Gasteiger partial charge in [0.05, 0.1) is 0 Å². The molecule has 5 N–H and O–H groups in total. The number of hydrogen-bond acceptors (Lipinski definition) is 6. The van der Waals surface area contributed by atoms with Crippen molar-refractivity contribution in [3.8, 4) is 0 Å². The number of anilines is 4. The van der Waals surface area contributed by atoms with Crippen LogP contribution in [-0.2, 0) is 0 Å². The van der Waals surface area contributed by atoms with Crippen LogP contribution in [0.15, 0.2) is 12.1 Å². The lowest BCUT2D eigenvalue weighted by atomic mass is 10.5. The van der Waals surface area contributed by atoms with Crippen LogP contribution < -0.4 is 16.4 Å². The van der Waals surface area contributed by atoms with E-state index in [0.29, 0.717) is 11.9 Å².